The Balaban J connectivity index is 1.21. The minimum Gasteiger partial charge on any atom is -0.249 e. The first-order valence-electron chi connectivity index (χ1n) is 19.3. The van der Waals surface area contributed by atoms with Crippen molar-refractivity contribution in [2.24, 2.45) is 0 Å². The highest BCUT2D eigenvalue weighted by molar-refractivity contribution is 6.63. The molecule has 234 valence electrons. The number of hydrogen-bond donors (Lipinski definition) is 0. The first-order valence-corrected chi connectivity index (χ1v) is 19.3. The van der Waals surface area contributed by atoms with Gasteiger partial charge in [0, 0.05) is 17.8 Å². The lowest BCUT2D eigenvalue weighted by Crippen LogP contribution is -2.43. The van der Waals surface area contributed by atoms with E-state index in [9.17, 15) is 0 Å². The molecule has 0 amide bonds. The van der Waals surface area contributed by atoms with Gasteiger partial charge in [-0.3, -0.25) is 0 Å². The summed E-state index contributed by atoms with van der Waals surface area (Å²) in [5, 5.41) is 31.3. The molecule has 18 rings (SSSR count). The third kappa shape index (κ3) is 1.84. The number of allylic oxidation sites excluding steroid dienone is 1. The number of nitrogens with zero attached hydrogens (tertiary/aromatic N) is 2. The number of benzene rings is 9. The van der Waals surface area contributed by atoms with Gasteiger partial charge in [0.2, 0.25) is 0 Å². The van der Waals surface area contributed by atoms with Gasteiger partial charge in [-0.2, -0.15) is 0 Å². The molecule has 2 unspecified atom stereocenters. The maximum atomic E-state index is 5.44. The smallest absolute Gasteiger partial charge is 0.0890 e. The fraction of sp³-hybridized carbons (Fsp3) is 0.160. The highest BCUT2D eigenvalue weighted by atomic mass is 14.8. The Morgan fingerprint density at radius 2 is 1.19 bits per heavy atom. The summed E-state index contributed by atoms with van der Waals surface area (Å²) in [4.78, 5) is 10.8. The zero-order valence-electron chi connectivity index (χ0n) is 28.3. The number of rotatable bonds is 0. The molecule has 0 fully saturated rings. The van der Waals surface area contributed by atoms with E-state index >= 15 is 0 Å². The van der Waals surface area contributed by atoms with Crippen LogP contribution in [0.4, 0.5) is 0 Å². The SMILES string of the molecule is C=C1Cc2cc3cc4c5c6c(cc7c8c9c%10c%11c(cc(C)c%12c%13c1c2c1c3c5c2c(c86)c9c(c%11%12)c%13c12)CC%101Cc2nc3ccccc3nc2CC71)C4. The van der Waals surface area contributed by atoms with Gasteiger partial charge in [0.15, 0.2) is 0 Å². The Labute approximate surface area is 294 Å². The Bertz CT molecular complexity index is 4030. The molecule has 1 heterocycles. The molecular formula is C50H24N2. The summed E-state index contributed by atoms with van der Waals surface area (Å²) in [6, 6.07) is 19.1. The number of hydrogen-bond acceptors (Lipinski definition) is 2. The van der Waals surface area contributed by atoms with E-state index < -0.39 is 0 Å². The predicted molar refractivity (Wildman–Crippen MR) is 215 cm³/mol. The molecule has 52 heavy (non-hydrogen) atoms. The average Bonchev–Trinajstić information content (AvgIpc) is 3.96. The normalized spacial score (nSPS) is 21.5. The molecule has 1 spiro atoms. The van der Waals surface area contributed by atoms with Crippen LogP contribution in [0.15, 0.2) is 55.1 Å². The van der Waals surface area contributed by atoms with Gasteiger partial charge in [0.1, 0.15) is 0 Å². The van der Waals surface area contributed by atoms with Crippen molar-refractivity contribution in [1.29, 1.82) is 0 Å². The second-order valence-electron chi connectivity index (χ2n) is 18.0. The van der Waals surface area contributed by atoms with Crippen molar-refractivity contribution in [2.45, 2.75) is 50.4 Å². The lowest BCUT2D eigenvalue weighted by atomic mass is 9.57. The fourth-order valence-corrected chi connectivity index (χ4v) is 15.0. The molecular weight excluding hydrogens is 629 g/mol. The molecule has 5 aliphatic rings. The van der Waals surface area contributed by atoms with Crippen molar-refractivity contribution in [2.75, 3.05) is 0 Å². The molecule has 12 aromatic carbocycles. The van der Waals surface area contributed by atoms with E-state index in [0.717, 1.165) is 43.1 Å². The zero-order chi connectivity index (χ0) is 32.7. The lowest BCUT2D eigenvalue weighted by molar-refractivity contribution is 0.319. The number of aromatic nitrogens is 2. The summed E-state index contributed by atoms with van der Waals surface area (Å²) in [5.41, 5.74) is 18.2. The molecule has 1 aromatic heterocycles. The molecule has 0 bridgehead atoms. The molecule has 2 nitrogen and oxygen atoms in total. The third-order valence-corrected chi connectivity index (χ3v) is 16.2. The van der Waals surface area contributed by atoms with Crippen LogP contribution in [0.3, 0.4) is 0 Å². The zero-order valence-corrected chi connectivity index (χ0v) is 28.3. The predicted octanol–water partition coefficient (Wildman–Crippen LogP) is 11.7. The summed E-state index contributed by atoms with van der Waals surface area (Å²) in [5.74, 6) is 0.377. The van der Waals surface area contributed by atoms with E-state index in [0.29, 0.717) is 5.92 Å². The minimum atomic E-state index is -0.0248. The summed E-state index contributed by atoms with van der Waals surface area (Å²) < 4.78 is 0. The molecule has 2 heteroatoms. The standard InChI is InChI=1S/C50H24N2/c1-16-7-18-9-20-10-19-11-21-12-23-24-13-27-28(52-26-6-4-3-5-25(26)51-27)15-50(24)14-22-8-17(2)30-37-29(16)31(18)39-34(20)40-32(19)33(21)41-36(23)48-47-43(38(30)35(22)49(48)50)42(37)44(39)45(40)46(41)47/h3-6,8-10,12,24H,1,7,11,13-15H2,2H3. The summed E-state index contributed by atoms with van der Waals surface area (Å²) in [6.07, 6.45) is 5.02. The van der Waals surface area contributed by atoms with Crippen LogP contribution in [0.5, 0.6) is 0 Å². The van der Waals surface area contributed by atoms with Crippen molar-refractivity contribution in [3.05, 3.63) is 111 Å². The summed E-state index contributed by atoms with van der Waals surface area (Å²) in [7, 11) is 0. The average molecular weight is 653 g/mol. The van der Waals surface area contributed by atoms with Crippen molar-refractivity contribution >= 4 is 124 Å². The van der Waals surface area contributed by atoms with Gasteiger partial charge in [-0.25, -0.2) is 9.97 Å². The molecule has 0 aliphatic heterocycles. The van der Waals surface area contributed by atoms with Gasteiger partial charge in [0.25, 0.3) is 0 Å². The summed E-state index contributed by atoms with van der Waals surface area (Å²) >= 11 is 0. The fourth-order valence-electron chi connectivity index (χ4n) is 15.0. The van der Waals surface area contributed by atoms with Gasteiger partial charge in [0.05, 0.1) is 22.4 Å². The van der Waals surface area contributed by atoms with E-state index in [1.54, 1.807) is 109 Å². The molecule has 13 aromatic rings. The van der Waals surface area contributed by atoms with Crippen molar-refractivity contribution in [1.82, 2.24) is 9.97 Å². The van der Waals surface area contributed by atoms with Crippen LogP contribution >= 0.6 is 0 Å². The van der Waals surface area contributed by atoms with Crippen molar-refractivity contribution < 1.29 is 0 Å². The molecule has 2 atom stereocenters. The second kappa shape index (κ2) is 6.41. The van der Waals surface area contributed by atoms with Crippen LogP contribution in [-0.2, 0) is 37.5 Å². The first-order chi connectivity index (χ1) is 25.6. The van der Waals surface area contributed by atoms with Gasteiger partial charge in [-0.05, 0) is 203 Å². The monoisotopic (exact) mass is 652 g/mol. The highest BCUT2D eigenvalue weighted by Crippen LogP contribution is 2.71. The molecule has 0 radical (unpaired) electrons. The minimum absolute atomic E-state index is 0.0248. The largest absolute Gasteiger partial charge is 0.249 e. The Morgan fingerprint density at radius 1 is 0.558 bits per heavy atom. The van der Waals surface area contributed by atoms with Gasteiger partial charge < -0.3 is 0 Å². The summed E-state index contributed by atoms with van der Waals surface area (Å²) in [6.45, 7) is 7.28. The number of aryl methyl sites for hydroxylation is 1. The van der Waals surface area contributed by atoms with E-state index in [2.05, 4.69) is 55.5 Å². The molecule has 0 saturated heterocycles. The molecule has 0 saturated carbocycles. The van der Waals surface area contributed by atoms with Crippen LogP contribution in [-0.4, -0.2) is 9.97 Å². The Hall–Kier alpha value is -5.86. The van der Waals surface area contributed by atoms with Crippen LogP contribution in [0.1, 0.15) is 61.8 Å². The van der Waals surface area contributed by atoms with Gasteiger partial charge in [-0.1, -0.05) is 43.0 Å². The van der Waals surface area contributed by atoms with Gasteiger partial charge >= 0.3 is 0 Å². The highest BCUT2D eigenvalue weighted by Gasteiger charge is 2.55. The van der Waals surface area contributed by atoms with Crippen LogP contribution < -0.4 is 0 Å². The van der Waals surface area contributed by atoms with Crippen LogP contribution in [0.25, 0.3) is 124 Å². The van der Waals surface area contributed by atoms with E-state index in [4.69, 9.17) is 16.5 Å². The van der Waals surface area contributed by atoms with Crippen LogP contribution in [0, 0.1) is 6.92 Å². The van der Waals surface area contributed by atoms with Crippen molar-refractivity contribution in [3.63, 3.8) is 0 Å². The second-order valence-corrected chi connectivity index (χ2v) is 18.0. The topological polar surface area (TPSA) is 25.8 Å². The number of para-hydroxylation sites is 2. The third-order valence-electron chi connectivity index (χ3n) is 16.2. The number of fused-ring (bicyclic) bond motifs is 5. The maximum Gasteiger partial charge on any atom is 0.0890 e. The van der Waals surface area contributed by atoms with E-state index in [-0.39, 0.29) is 5.41 Å². The molecule has 0 N–H and O–H groups in total. The van der Waals surface area contributed by atoms with E-state index in [1.165, 1.54) is 60.6 Å². The maximum absolute atomic E-state index is 5.44. The van der Waals surface area contributed by atoms with Crippen molar-refractivity contribution in [3.8, 4) is 0 Å². The molecule has 5 aliphatic carbocycles. The van der Waals surface area contributed by atoms with E-state index in [1.807, 2.05) is 0 Å². The van der Waals surface area contributed by atoms with Crippen LogP contribution in [0.2, 0.25) is 0 Å². The lowest BCUT2D eigenvalue weighted by Gasteiger charge is -2.46. The van der Waals surface area contributed by atoms with Gasteiger partial charge in [-0.15, -0.1) is 0 Å². The first kappa shape index (κ1) is 23.6. The Morgan fingerprint density at radius 3 is 2.00 bits per heavy atom. The Kier molecular flexibility index (Phi) is 2.91. The quantitative estimate of drug-likeness (QED) is 0.152.